The zero-order valence-electron chi connectivity index (χ0n) is 12.7. The van der Waals surface area contributed by atoms with E-state index in [0.717, 1.165) is 52.7 Å². The lowest BCUT2D eigenvalue weighted by molar-refractivity contribution is -0.112. The van der Waals surface area contributed by atoms with E-state index in [1.54, 1.807) is 6.20 Å². The molecule has 4 rings (SSSR count). The number of allylic oxidation sites excluding steroid dienone is 1. The van der Waals surface area contributed by atoms with Gasteiger partial charge in [0.1, 0.15) is 5.65 Å². The van der Waals surface area contributed by atoms with Crippen LogP contribution in [-0.4, -0.2) is 15.9 Å². The molecule has 1 amide bonds. The van der Waals surface area contributed by atoms with Crippen LogP contribution in [-0.2, 0) is 4.79 Å². The first-order valence-electron chi connectivity index (χ1n) is 7.84. The van der Waals surface area contributed by atoms with Gasteiger partial charge in [-0.25, -0.2) is 4.98 Å². The van der Waals surface area contributed by atoms with Crippen LogP contribution in [0.15, 0.2) is 60.4 Å². The molecule has 1 aliphatic carbocycles. The number of hydrogen-bond donors (Lipinski definition) is 2. The van der Waals surface area contributed by atoms with Gasteiger partial charge in [0.25, 0.3) is 5.91 Å². The quantitative estimate of drug-likeness (QED) is 0.758. The number of carbonyl (C=O) groups is 1. The third-order valence-corrected chi connectivity index (χ3v) is 4.22. The highest BCUT2D eigenvalue weighted by Crippen LogP contribution is 2.28. The molecule has 0 spiro atoms. The highest BCUT2D eigenvalue weighted by Gasteiger charge is 2.15. The highest BCUT2D eigenvalue weighted by atomic mass is 16.1. The molecule has 3 aromatic rings. The predicted octanol–water partition coefficient (Wildman–Crippen LogP) is 4.28. The minimum Gasteiger partial charge on any atom is -0.344 e. The average Bonchev–Trinajstić information content (AvgIpc) is 3.25. The number of carbonyl (C=O) groups excluding carboxylic acids is 1. The Balaban J connectivity index is 1.69. The van der Waals surface area contributed by atoms with E-state index in [0.29, 0.717) is 0 Å². The number of amides is 1. The van der Waals surface area contributed by atoms with Gasteiger partial charge in [0, 0.05) is 28.9 Å². The largest absolute Gasteiger partial charge is 0.344 e. The van der Waals surface area contributed by atoms with E-state index in [-0.39, 0.29) is 5.91 Å². The Bertz CT molecular complexity index is 893. The van der Waals surface area contributed by atoms with Crippen LogP contribution < -0.4 is 5.32 Å². The second-order valence-corrected chi connectivity index (χ2v) is 5.76. The van der Waals surface area contributed by atoms with Crippen LogP contribution in [0.1, 0.15) is 19.3 Å². The third-order valence-electron chi connectivity index (χ3n) is 4.22. The number of hydrogen-bond acceptors (Lipinski definition) is 2. The van der Waals surface area contributed by atoms with Crippen molar-refractivity contribution < 1.29 is 4.79 Å². The number of aromatic amines is 1. The predicted molar refractivity (Wildman–Crippen MR) is 92.1 cm³/mol. The molecule has 2 heterocycles. The van der Waals surface area contributed by atoms with Crippen LogP contribution in [0.4, 0.5) is 5.69 Å². The molecule has 0 saturated heterocycles. The molecule has 0 saturated carbocycles. The van der Waals surface area contributed by atoms with Crippen LogP contribution in [0.25, 0.3) is 22.2 Å². The fraction of sp³-hybridized carbons (Fsp3) is 0.158. The number of aromatic nitrogens is 2. The number of fused-ring (bicyclic) bond motifs is 1. The van der Waals surface area contributed by atoms with Gasteiger partial charge in [-0.1, -0.05) is 36.4 Å². The standard InChI is InChI=1S/C19H17N3O/c23-19(14-8-4-5-9-14)22-17-12-21-18-16(17)10-15(11-20-18)13-6-2-1-3-7-13/h1-3,6-8,10-12H,4-5,9H2,(H,20,21)(H,22,23). The summed E-state index contributed by atoms with van der Waals surface area (Å²) >= 11 is 0. The number of nitrogens with zero attached hydrogens (tertiary/aromatic N) is 1. The molecule has 1 aliphatic rings. The van der Waals surface area contributed by atoms with Crippen LogP contribution >= 0.6 is 0 Å². The van der Waals surface area contributed by atoms with Crippen LogP contribution in [0.5, 0.6) is 0 Å². The SMILES string of the molecule is O=C(Nc1c[nH]c2ncc(-c3ccccc3)cc12)C1=CCCC1. The maximum absolute atomic E-state index is 12.3. The topological polar surface area (TPSA) is 57.8 Å². The van der Waals surface area contributed by atoms with Crippen LogP contribution in [0.3, 0.4) is 0 Å². The van der Waals surface area contributed by atoms with Crippen molar-refractivity contribution >= 4 is 22.6 Å². The van der Waals surface area contributed by atoms with Crippen molar-refractivity contribution in [1.82, 2.24) is 9.97 Å². The molecule has 114 valence electrons. The molecule has 4 heteroatoms. The Morgan fingerprint density at radius 3 is 2.83 bits per heavy atom. The summed E-state index contributed by atoms with van der Waals surface area (Å²) in [6, 6.07) is 12.2. The third kappa shape index (κ3) is 2.63. The molecule has 4 nitrogen and oxygen atoms in total. The lowest BCUT2D eigenvalue weighted by atomic mass is 10.1. The summed E-state index contributed by atoms with van der Waals surface area (Å²) < 4.78 is 0. The summed E-state index contributed by atoms with van der Waals surface area (Å²) in [5.41, 5.74) is 4.59. The highest BCUT2D eigenvalue weighted by molar-refractivity contribution is 6.08. The van der Waals surface area contributed by atoms with E-state index < -0.39 is 0 Å². The van der Waals surface area contributed by atoms with E-state index in [1.165, 1.54) is 0 Å². The lowest BCUT2D eigenvalue weighted by Gasteiger charge is -2.05. The van der Waals surface area contributed by atoms with Crippen molar-refractivity contribution in [3.8, 4) is 11.1 Å². The van der Waals surface area contributed by atoms with Gasteiger partial charge in [-0.15, -0.1) is 0 Å². The molecule has 0 bridgehead atoms. The molecular weight excluding hydrogens is 286 g/mol. The van der Waals surface area contributed by atoms with Crippen molar-refractivity contribution in [3.63, 3.8) is 0 Å². The summed E-state index contributed by atoms with van der Waals surface area (Å²) in [5, 5.41) is 3.94. The first-order chi connectivity index (χ1) is 11.3. The summed E-state index contributed by atoms with van der Waals surface area (Å²) in [6.45, 7) is 0. The van der Waals surface area contributed by atoms with Crippen molar-refractivity contribution in [2.45, 2.75) is 19.3 Å². The number of rotatable bonds is 3. The van der Waals surface area contributed by atoms with Crippen molar-refractivity contribution in [1.29, 1.82) is 0 Å². The molecule has 0 fully saturated rings. The monoisotopic (exact) mass is 303 g/mol. The van der Waals surface area contributed by atoms with Crippen LogP contribution in [0, 0.1) is 0 Å². The fourth-order valence-corrected chi connectivity index (χ4v) is 2.97. The average molecular weight is 303 g/mol. The van der Waals surface area contributed by atoms with Gasteiger partial charge >= 0.3 is 0 Å². The van der Waals surface area contributed by atoms with Crippen molar-refractivity contribution in [2.75, 3.05) is 5.32 Å². The summed E-state index contributed by atoms with van der Waals surface area (Å²) in [4.78, 5) is 19.9. The van der Waals surface area contributed by atoms with E-state index in [4.69, 9.17) is 0 Å². The fourth-order valence-electron chi connectivity index (χ4n) is 2.97. The second kappa shape index (κ2) is 5.72. The van der Waals surface area contributed by atoms with Crippen molar-refractivity contribution in [3.05, 3.63) is 60.4 Å². The molecule has 2 N–H and O–H groups in total. The Morgan fingerprint density at radius 2 is 2.04 bits per heavy atom. The first-order valence-corrected chi connectivity index (χ1v) is 7.84. The van der Waals surface area contributed by atoms with Gasteiger partial charge in [0.15, 0.2) is 0 Å². The summed E-state index contributed by atoms with van der Waals surface area (Å²) in [7, 11) is 0. The molecule has 0 radical (unpaired) electrons. The van der Waals surface area contributed by atoms with E-state index in [2.05, 4.69) is 33.5 Å². The Kier molecular flexibility index (Phi) is 3.42. The second-order valence-electron chi connectivity index (χ2n) is 5.76. The van der Waals surface area contributed by atoms with Gasteiger partial charge in [-0.05, 0) is 30.9 Å². The minimum absolute atomic E-state index is 0.00601. The number of H-pyrrole nitrogens is 1. The van der Waals surface area contributed by atoms with Gasteiger partial charge in [-0.2, -0.15) is 0 Å². The number of anilines is 1. The number of benzene rings is 1. The van der Waals surface area contributed by atoms with Crippen LogP contribution in [0.2, 0.25) is 0 Å². The van der Waals surface area contributed by atoms with Gasteiger partial charge in [-0.3, -0.25) is 4.79 Å². The molecule has 2 aromatic heterocycles. The number of nitrogens with one attached hydrogen (secondary N) is 2. The lowest BCUT2D eigenvalue weighted by Crippen LogP contribution is -2.12. The normalized spacial score (nSPS) is 14.0. The molecular formula is C19H17N3O. The summed E-state index contributed by atoms with van der Waals surface area (Å²) in [5.74, 6) is -0.00601. The molecule has 0 atom stereocenters. The Hall–Kier alpha value is -2.88. The molecule has 23 heavy (non-hydrogen) atoms. The summed E-state index contributed by atoms with van der Waals surface area (Å²) in [6.07, 6.45) is 8.60. The minimum atomic E-state index is -0.00601. The zero-order chi connectivity index (χ0) is 15.6. The smallest absolute Gasteiger partial charge is 0.251 e. The zero-order valence-corrected chi connectivity index (χ0v) is 12.7. The van der Waals surface area contributed by atoms with E-state index in [9.17, 15) is 4.79 Å². The van der Waals surface area contributed by atoms with Gasteiger partial charge < -0.3 is 10.3 Å². The van der Waals surface area contributed by atoms with Gasteiger partial charge in [0.2, 0.25) is 0 Å². The van der Waals surface area contributed by atoms with Gasteiger partial charge in [0.05, 0.1) is 5.69 Å². The first kappa shape index (κ1) is 13.8. The Labute approximate surface area is 134 Å². The molecule has 1 aromatic carbocycles. The maximum Gasteiger partial charge on any atom is 0.251 e. The molecule has 0 unspecified atom stereocenters. The van der Waals surface area contributed by atoms with E-state index in [1.807, 2.05) is 30.5 Å². The Morgan fingerprint density at radius 1 is 1.17 bits per heavy atom. The van der Waals surface area contributed by atoms with E-state index >= 15 is 0 Å². The maximum atomic E-state index is 12.3. The number of pyridine rings is 1. The molecule has 0 aliphatic heterocycles. The van der Waals surface area contributed by atoms with Crippen molar-refractivity contribution in [2.24, 2.45) is 0 Å².